The van der Waals surface area contributed by atoms with Gasteiger partial charge in [0.05, 0.1) is 5.41 Å². The Labute approximate surface area is 244 Å². The molecule has 2 heterocycles. The third kappa shape index (κ3) is 3.07. The zero-order valence-corrected chi connectivity index (χ0v) is 26.0. The molecule has 1 aliphatic heterocycles. The van der Waals surface area contributed by atoms with Crippen molar-refractivity contribution in [2.45, 2.75) is 124 Å². The Balaban J connectivity index is 1.25. The van der Waals surface area contributed by atoms with Crippen molar-refractivity contribution < 1.29 is 23.5 Å². The van der Waals surface area contributed by atoms with Crippen LogP contribution in [0, 0.1) is 56.7 Å². The van der Waals surface area contributed by atoms with Crippen molar-refractivity contribution in [1.29, 1.82) is 0 Å². The number of hydrogen-bond acceptors (Lipinski definition) is 5. The summed E-state index contributed by atoms with van der Waals surface area (Å²) < 4.78 is 31.5. The molecular weight excluding hydrogens is 519 g/mol. The minimum Gasteiger partial charge on any atom is -0.455 e. The highest BCUT2D eigenvalue weighted by molar-refractivity contribution is 5.82. The fraction of sp³-hybridized carbons (Fsp3) is 0.853. The number of alkyl halides is 1. The molecule has 41 heavy (non-hydrogen) atoms. The molecule has 6 aliphatic rings. The van der Waals surface area contributed by atoms with Crippen LogP contribution in [0.4, 0.5) is 9.18 Å². The van der Waals surface area contributed by atoms with Gasteiger partial charge in [-0.3, -0.25) is 4.79 Å². The molecule has 6 fully saturated rings. The lowest BCUT2D eigenvalue weighted by atomic mass is 9.30. The minimum atomic E-state index is -1.16. The van der Waals surface area contributed by atoms with Crippen molar-refractivity contribution in [3.63, 3.8) is 0 Å². The van der Waals surface area contributed by atoms with Gasteiger partial charge >= 0.3 is 12.1 Å². The van der Waals surface area contributed by atoms with Gasteiger partial charge in [0.1, 0.15) is 18.6 Å². The van der Waals surface area contributed by atoms with E-state index in [4.69, 9.17) is 9.47 Å². The van der Waals surface area contributed by atoms with Crippen molar-refractivity contribution >= 4 is 12.1 Å². The van der Waals surface area contributed by atoms with Crippen molar-refractivity contribution in [2.75, 3.05) is 0 Å². The highest BCUT2D eigenvalue weighted by Crippen LogP contribution is 2.81. The second-order valence-electron chi connectivity index (χ2n) is 16.5. The van der Waals surface area contributed by atoms with Crippen LogP contribution in [-0.4, -0.2) is 39.5 Å². The van der Waals surface area contributed by atoms with Crippen LogP contribution >= 0.6 is 0 Å². The maximum absolute atomic E-state index is 17.4. The van der Waals surface area contributed by atoms with Crippen LogP contribution in [0.3, 0.4) is 0 Å². The normalized spacial score (nSPS) is 53.3. The summed E-state index contributed by atoms with van der Waals surface area (Å²) in [6.45, 7) is 16.2. The highest BCUT2D eigenvalue weighted by Gasteiger charge is 2.84. The van der Waals surface area contributed by atoms with Gasteiger partial charge in [-0.1, -0.05) is 48.5 Å². The second kappa shape index (κ2) is 8.37. The number of carbonyl (C=O) groups excluding carboxylic acids is 2. The lowest BCUT2D eigenvalue weighted by molar-refractivity contribution is -0.310. The van der Waals surface area contributed by atoms with E-state index in [-0.39, 0.29) is 52.2 Å². The van der Waals surface area contributed by atoms with Gasteiger partial charge in [0.15, 0.2) is 5.60 Å². The fourth-order valence-corrected chi connectivity index (χ4v) is 12.8. The molecule has 6 nitrogen and oxygen atoms in total. The molecule has 1 spiro atoms. The largest absolute Gasteiger partial charge is 0.455 e. The van der Waals surface area contributed by atoms with E-state index in [1.54, 1.807) is 12.4 Å². The standard InChI is InChI=1S/C34H49FN2O4/c1-20-8-13-33-15-14-32(7)31(6)12-9-22-29(3,4)25(40-28(39)37-17-16-36-19-37)10-11-30(22,5)23(31)18-24(35)34(32,41-27(33)38)26(33)21(20)2/h16-17,19-26H,8-15,18H2,1-7H3/t20-,21+,22+,23-,24-,25+,26-,30+,31-,32+,33+,34+/m1/s1. The molecule has 0 amide bonds. The van der Waals surface area contributed by atoms with E-state index >= 15 is 4.39 Å². The summed E-state index contributed by atoms with van der Waals surface area (Å²) >= 11 is 0. The molecule has 12 atom stereocenters. The lowest BCUT2D eigenvalue weighted by Gasteiger charge is -2.74. The molecular formula is C34H49FN2O4. The van der Waals surface area contributed by atoms with E-state index in [9.17, 15) is 9.59 Å². The predicted octanol–water partition coefficient (Wildman–Crippen LogP) is 7.60. The lowest BCUT2D eigenvalue weighted by Crippen LogP contribution is -2.76. The zero-order chi connectivity index (χ0) is 29.4. The topological polar surface area (TPSA) is 70.4 Å². The van der Waals surface area contributed by atoms with Crippen molar-refractivity contribution in [2.24, 2.45) is 56.7 Å². The number of fused-ring (bicyclic) bond motifs is 4. The van der Waals surface area contributed by atoms with E-state index in [0.29, 0.717) is 18.3 Å². The van der Waals surface area contributed by atoms with Crippen molar-refractivity contribution in [3.05, 3.63) is 18.7 Å². The maximum atomic E-state index is 17.4. The molecule has 0 N–H and O–H groups in total. The number of halogens is 1. The number of imidazole rings is 1. The van der Waals surface area contributed by atoms with E-state index in [1.165, 1.54) is 10.9 Å². The highest BCUT2D eigenvalue weighted by atomic mass is 19.1. The number of esters is 1. The van der Waals surface area contributed by atoms with E-state index in [0.717, 1.165) is 51.4 Å². The maximum Gasteiger partial charge on any atom is 0.419 e. The smallest absolute Gasteiger partial charge is 0.419 e. The summed E-state index contributed by atoms with van der Waals surface area (Å²) in [5.74, 6) is 1.06. The molecule has 5 saturated carbocycles. The number of ether oxygens (including phenoxy) is 2. The van der Waals surface area contributed by atoms with Gasteiger partial charge in [0, 0.05) is 29.1 Å². The van der Waals surface area contributed by atoms with Gasteiger partial charge < -0.3 is 9.47 Å². The van der Waals surface area contributed by atoms with Gasteiger partial charge in [-0.15, -0.1) is 0 Å². The first-order chi connectivity index (χ1) is 19.2. The van der Waals surface area contributed by atoms with Gasteiger partial charge in [0.2, 0.25) is 0 Å². The SMILES string of the molecule is C[C@H]1[C@H](C)CC[C@@]23CC[C@]4(C)[C@](OC2=O)([C@H](F)C[C@@H]2[C@@]5(C)CC[C@H](OC(=O)n6ccnc6)C(C)(C)[C@@H]5CC[C@]24C)[C@H]13. The number of nitrogens with zero attached hydrogens (tertiary/aromatic N) is 2. The Morgan fingerprint density at radius 1 is 1.02 bits per heavy atom. The van der Waals surface area contributed by atoms with Crippen LogP contribution in [0.25, 0.3) is 0 Å². The Hall–Kier alpha value is -1.92. The van der Waals surface area contributed by atoms with Crippen LogP contribution in [0.5, 0.6) is 0 Å². The minimum absolute atomic E-state index is 0.0435. The van der Waals surface area contributed by atoms with E-state index in [1.807, 2.05) is 0 Å². The molecule has 7 heteroatoms. The fourth-order valence-electron chi connectivity index (χ4n) is 12.8. The third-order valence-electron chi connectivity index (χ3n) is 15.2. The zero-order valence-electron chi connectivity index (χ0n) is 26.0. The van der Waals surface area contributed by atoms with Gasteiger partial charge in [-0.05, 0) is 92.3 Å². The summed E-state index contributed by atoms with van der Waals surface area (Å²) in [5, 5.41) is 0. The monoisotopic (exact) mass is 568 g/mol. The summed E-state index contributed by atoms with van der Waals surface area (Å²) in [6, 6.07) is 0. The number of hydrogen-bond donors (Lipinski definition) is 0. The Morgan fingerprint density at radius 3 is 2.49 bits per heavy atom. The molecule has 7 rings (SSSR count). The molecule has 1 aromatic heterocycles. The summed E-state index contributed by atoms with van der Waals surface area (Å²) in [6.07, 6.45) is 10.6. The number of aromatic nitrogens is 2. The van der Waals surface area contributed by atoms with Crippen LogP contribution in [-0.2, 0) is 14.3 Å². The van der Waals surface area contributed by atoms with E-state index < -0.39 is 22.6 Å². The summed E-state index contributed by atoms with van der Waals surface area (Å²) in [4.78, 5) is 30.7. The average molecular weight is 569 g/mol. The Bertz CT molecular complexity index is 1270. The molecule has 5 aliphatic carbocycles. The molecule has 1 aromatic rings. The van der Waals surface area contributed by atoms with E-state index in [2.05, 4.69) is 53.5 Å². The van der Waals surface area contributed by atoms with Gasteiger partial charge in [0.25, 0.3) is 0 Å². The predicted molar refractivity (Wildman–Crippen MR) is 152 cm³/mol. The van der Waals surface area contributed by atoms with Crippen molar-refractivity contribution in [1.82, 2.24) is 9.55 Å². The van der Waals surface area contributed by atoms with Crippen molar-refractivity contribution in [3.8, 4) is 0 Å². The second-order valence-corrected chi connectivity index (χ2v) is 16.5. The first kappa shape index (κ1) is 27.9. The third-order valence-corrected chi connectivity index (χ3v) is 15.2. The molecule has 0 unspecified atom stereocenters. The number of carbonyl (C=O) groups is 2. The average Bonchev–Trinajstić information content (AvgIpc) is 3.52. The summed E-state index contributed by atoms with van der Waals surface area (Å²) in [5.41, 5.74) is -2.43. The van der Waals surface area contributed by atoms with Crippen LogP contribution in [0.1, 0.15) is 106 Å². The molecule has 2 bridgehead atoms. The number of rotatable bonds is 1. The molecule has 1 saturated heterocycles. The summed E-state index contributed by atoms with van der Waals surface area (Å²) in [7, 11) is 0. The quantitative estimate of drug-likeness (QED) is 0.326. The molecule has 0 aromatic carbocycles. The first-order valence-electron chi connectivity index (χ1n) is 16.3. The van der Waals surface area contributed by atoms with Crippen LogP contribution in [0.2, 0.25) is 0 Å². The molecule has 226 valence electrons. The first-order valence-corrected chi connectivity index (χ1v) is 16.3. The van der Waals surface area contributed by atoms with Gasteiger partial charge in [-0.25, -0.2) is 18.7 Å². The Kier molecular flexibility index (Phi) is 5.69. The molecule has 0 radical (unpaired) electrons. The Morgan fingerprint density at radius 2 is 1.78 bits per heavy atom. The van der Waals surface area contributed by atoms with Gasteiger partial charge in [-0.2, -0.15) is 0 Å². The van der Waals surface area contributed by atoms with Crippen LogP contribution < -0.4 is 0 Å². The van der Waals surface area contributed by atoms with Crippen LogP contribution in [0.15, 0.2) is 18.7 Å².